The fourth-order valence-corrected chi connectivity index (χ4v) is 12.2. The average molecular weight is 1060 g/mol. The molecular formula is C50H78O24. The summed E-state index contributed by atoms with van der Waals surface area (Å²) >= 11 is 0. The van der Waals surface area contributed by atoms with Crippen LogP contribution in [0, 0.1) is 65.0 Å². The maximum Gasteiger partial charge on any atom is 0.309 e. The van der Waals surface area contributed by atoms with Crippen LogP contribution in [0.1, 0.15) is 174 Å². The molecule has 0 amide bonds. The molecule has 24 heteroatoms. The molecule has 24 nitrogen and oxygen atoms in total. The van der Waals surface area contributed by atoms with Crippen LogP contribution in [0.15, 0.2) is 0 Å². The summed E-state index contributed by atoms with van der Waals surface area (Å²) in [5.41, 5.74) is -27.6. The maximum absolute atomic E-state index is 13.4. The molecule has 0 aliphatic rings. The number of aliphatic carboxylic acids is 12. The minimum Gasteiger partial charge on any atom is -0.481 e. The molecule has 0 bridgehead atoms. The molecule has 0 aromatic heterocycles. The molecule has 12 N–H and O–H groups in total. The first-order chi connectivity index (χ1) is 32.7. The van der Waals surface area contributed by atoms with Crippen LogP contribution in [0.5, 0.6) is 0 Å². The van der Waals surface area contributed by atoms with E-state index in [1.54, 1.807) is 0 Å². The second-order valence-electron chi connectivity index (χ2n) is 25.0. The van der Waals surface area contributed by atoms with Crippen molar-refractivity contribution < 1.29 is 119 Å². The van der Waals surface area contributed by atoms with Gasteiger partial charge in [0.2, 0.25) is 0 Å². The highest BCUT2D eigenvalue weighted by Gasteiger charge is 2.60. The number of hydrogen-bond donors (Lipinski definition) is 12. The van der Waals surface area contributed by atoms with Crippen LogP contribution >= 0.6 is 0 Å². The van der Waals surface area contributed by atoms with Gasteiger partial charge >= 0.3 is 71.6 Å². The minimum absolute atomic E-state index is 0.0982. The van der Waals surface area contributed by atoms with Crippen LogP contribution in [-0.4, -0.2) is 133 Å². The molecule has 0 heterocycles. The van der Waals surface area contributed by atoms with Crippen LogP contribution in [-0.2, 0) is 57.5 Å². The normalized spacial score (nSPS) is 21.0. The molecule has 0 aliphatic carbocycles. The van der Waals surface area contributed by atoms with E-state index < -0.39 is 207 Å². The van der Waals surface area contributed by atoms with Crippen molar-refractivity contribution >= 4 is 71.6 Å². The van der Waals surface area contributed by atoms with Crippen molar-refractivity contribution in [2.45, 2.75) is 174 Å². The Morgan fingerprint density at radius 3 is 0.405 bits per heavy atom. The molecule has 74 heavy (non-hydrogen) atoms. The van der Waals surface area contributed by atoms with Crippen molar-refractivity contribution in [1.29, 1.82) is 0 Å². The molecule has 0 spiro atoms. The van der Waals surface area contributed by atoms with Crippen LogP contribution in [0.25, 0.3) is 0 Å². The highest BCUT2D eigenvalue weighted by molar-refractivity contribution is 5.86. The van der Waals surface area contributed by atoms with Gasteiger partial charge < -0.3 is 61.3 Å². The zero-order chi connectivity index (χ0) is 59.4. The van der Waals surface area contributed by atoms with Crippen molar-refractivity contribution in [3.63, 3.8) is 0 Å². The Balaban J connectivity index is 7.76. The minimum atomic E-state index is -2.57. The lowest BCUT2D eigenvalue weighted by Crippen LogP contribution is -2.50. The second-order valence-corrected chi connectivity index (χ2v) is 25.0. The zero-order valence-corrected chi connectivity index (χ0v) is 44.8. The fraction of sp³-hybridized carbons (Fsp3) is 0.760. The van der Waals surface area contributed by atoms with Gasteiger partial charge in [0.05, 0.1) is 65.0 Å². The van der Waals surface area contributed by atoms with Gasteiger partial charge in [-0.3, -0.25) is 57.5 Å². The lowest BCUT2D eigenvalue weighted by Gasteiger charge is -2.46. The summed E-state index contributed by atoms with van der Waals surface area (Å²) in [6.07, 6.45) is -10.8. The third-order valence-electron chi connectivity index (χ3n) is 15.7. The van der Waals surface area contributed by atoms with E-state index in [2.05, 4.69) is 0 Å². The lowest BCUT2D eigenvalue weighted by atomic mass is 9.55. The van der Waals surface area contributed by atoms with Gasteiger partial charge in [-0.2, -0.15) is 0 Å². The molecule has 0 fully saturated rings. The first-order valence-electron chi connectivity index (χ1n) is 23.5. The van der Waals surface area contributed by atoms with Crippen LogP contribution in [0.4, 0.5) is 0 Å². The Hall–Kier alpha value is -6.36. The van der Waals surface area contributed by atoms with Gasteiger partial charge in [0, 0.05) is 0 Å². The van der Waals surface area contributed by atoms with Gasteiger partial charge in [-0.05, 0) is 167 Å². The quantitative estimate of drug-likeness (QED) is 0.0310. The highest BCUT2D eigenvalue weighted by atomic mass is 16.4. The van der Waals surface area contributed by atoms with Crippen molar-refractivity contribution in [2.24, 2.45) is 65.0 Å². The average Bonchev–Trinajstić information content (AvgIpc) is 3.19. The SMILES string of the molecule is CCC(C)(CC(C)(CC(C)(CC(C)(CC(C)(CC(C)(CC(C)(CC(C)(CC(C)(CC(C)(CC(C)(CC(C)(C)C(=O)O)C(=O)O)C(=O)O)C(=O)O)C(=O)O)C(=O)O)C(=O)O)C(=O)O)C(=O)O)C(=O)O)C(=O)O)C(=O)O. The summed E-state index contributed by atoms with van der Waals surface area (Å²) in [4.78, 5) is 156. The Labute approximate surface area is 428 Å². The molecule has 0 saturated carbocycles. The van der Waals surface area contributed by atoms with E-state index in [0.717, 1.165) is 69.2 Å². The highest BCUT2D eigenvalue weighted by Crippen LogP contribution is 2.57. The number of rotatable bonds is 35. The first-order valence-corrected chi connectivity index (χ1v) is 23.5. The maximum atomic E-state index is 13.4. The van der Waals surface area contributed by atoms with Crippen LogP contribution in [0.2, 0.25) is 0 Å². The van der Waals surface area contributed by atoms with Crippen molar-refractivity contribution in [3.8, 4) is 0 Å². The molecule has 0 aromatic rings. The van der Waals surface area contributed by atoms with Gasteiger partial charge in [0.15, 0.2) is 0 Å². The molecule has 422 valence electrons. The van der Waals surface area contributed by atoms with Crippen molar-refractivity contribution in [3.05, 3.63) is 0 Å². The second kappa shape index (κ2) is 22.2. The Bertz CT molecular complexity index is 2290. The molecule has 0 radical (unpaired) electrons. The monoisotopic (exact) mass is 1060 g/mol. The van der Waals surface area contributed by atoms with Gasteiger partial charge in [-0.25, -0.2) is 0 Å². The van der Waals surface area contributed by atoms with Gasteiger partial charge in [0.1, 0.15) is 0 Å². The van der Waals surface area contributed by atoms with Crippen LogP contribution < -0.4 is 0 Å². The van der Waals surface area contributed by atoms with Gasteiger partial charge in [0.25, 0.3) is 0 Å². The lowest BCUT2D eigenvalue weighted by molar-refractivity contribution is -0.170. The largest absolute Gasteiger partial charge is 0.481 e. The predicted molar refractivity (Wildman–Crippen MR) is 256 cm³/mol. The molecule has 0 saturated heterocycles. The van der Waals surface area contributed by atoms with E-state index >= 15 is 0 Å². The zero-order valence-electron chi connectivity index (χ0n) is 44.8. The number of hydrogen-bond acceptors (Lipinski definition) is 12. The van der Waals surface area contributed by atoms with E-state index in [4.69, 9.17) is 0 Å². The number of carboxylic acid groups (broad SMARTS) is 12. The standard InChI is InChI=1S/C50H78O24/c1-15-40(4,28(53)54)17-42(6,30(57)58)19-44(8,32(61)62)21-46(10,34(65)66)23-48(12,36(69)70)25-50(14,38(73)74)26-49(13,37(71)72)24-47(11,35(67)68)22-45(9,33(63)64)20-43(7,31(59)60)18-41(5,29(55)56)16-39(2,3)27(51)52/h15-26H2,1-14H3,(H,51,52)(H,53,54)(H,55,56)(H,57,58)(H,59,60)(H,61,62)(H,63,64)(H,65,66)(H,67,68)(H,69,70)(H,71,72)(H,73,74). The smallest absolute Gasteiger partial charge is 0.309 e. The number of carbonyl (C=O) groups is 12. The Morgan fingerprint density at radius 1 is 0.203 bits per heavy atom. The van der Waals surface area contributed by atoms with E-state index in [1.165, 1.54) is 27.7 Å². The van der Waals surface area contributed by atoms with E-state index in [1.807, 2.05) is 0 Å². The molecule has 0 aromatic carbocycles. The molecule has 0 rings (SSSR count). The summed E-state index contributed by atoms with van der Waals surface area (Å²) in [5, 5.41) is 126. The molecule has 0 aliphatic heterocycles. The predicted octanol–water partition coefficient (Wildman–Crippen LogP) is 6.80. The van der Waals surface area contributed by atoms with Gasteiger partial charge in [-0.15, -0.1) is 0 Å². The molecular weight excluding hydrogens is 985 g/mol. The third kappa shape index (κ3) is 15.1. The third-order valence-corrected chi connectivity index (χ3v) is 15.7. The van der Waals surface area contributed by atoms with E-state index in [0.29, 0.717) is 0 Å². The fourth-order valence-electron chi connectivity index (χ4n) is 12.2. The molecule has 11 unspecified atom stereocenters. The number of carboxylic acids is 12. The summed E-state index contributed by atoms with van der Waals surface area (Å²) in [7, 11) is 0. The first kappa shape index (κ1) is 67.6. The van der Waals surface area contributed by atoms with Crippen molar-refractivity contribution in [2.75, 3.05) is 0 Å². The topological polar surface area (TPSA) is 448 Å². The van der Waals surface area contributed by atoms with E-state index in [-0.39, 0.29) is 6.42 Å². The summed E-state index contributed by atoms with van der Waals surface area (Å²) in [6.45, 7) is 14.7. The summed E-state index contributed by atoms with van der Waals surface area (Å²) in [5.74, 6) is -20.7. The molecule has 11 atom stereocenters. The van der Waals surface area contributed by atoms with Crippen LogP contribution in [0.3, 0.4) is 0 Å². The Morgan fingerprint density at radius 2 is 0.311 bits per heavy atom. The summed E-state index contributed by atoms with van der Waals surface area (Å²) in [6, 6.07) is 0. The summed E-state index contributed by atoms with van der Waals surface area (Å²) < 4.78 is 0. The van der Waals surface area contributed by atoms with E-state index in [9.17, 15) is 119 Å². The van der Waals surface area contributed by atoms with Crippen molar-refractivity contribution in [1.82, 2.24) is 0 Å². The Kier molecular flexibility index (Phi) is 20.3. The van der Waals surface area contributed by atoms with Gasteiger partial charge in [-0.1, -0.05) is 6.92 Å².